The summed E-state index contributed by atoms with van der Waals surface area (Å²) in [7, 11) is 0. The Bertz CT molecular complexity index is 662. The highest BCUT2D eigenvalue weighted by molar-refractivity contribution is 5.56. The van der Waals surface area contributed by atoms with Gasteiger partial charge in [0, 0.05) is 5.56 Å². The minimum Gasteiger partial charge on any atom is -0.499 e. The van der Waals surface area contributed by atoms with Crippen molar-refractivity contribution in [2.24, 2.45) is 0 Å². The maximum atomic E-state index is 12.4. The van der Waals surface area contributed by atoms with Crippen LogP contribution in [-0.2, 0) is 6.18 Å². The molecule has 2 aromatic rings. The number of benzene rings is 1. The Morgan fingerprint density at radius 3 is 2.16 bits per heavy atom. The van der Waals surface area contributed by atoms with Crippen LogP contribution >= 0.6 is 0 Å². The van der Waals surface area contributed by atoms with E-state index in [4.69, 9.17) is 10.2 Å². The van der Waals surface area contributed by atoms with Crippen molar-refractivity contribution >= 4 is 0 Å². The van der Waals surface area contributed by atoms with Crippen molar-refractivity contribution < 1.29 is 23.4 Å². The minimum atomic E-state index is -4.46. The third-order valence-corrected chi connectivity index (χ3v) is 2.36. The Hall–Kier alpha value is -2.51. The third-order valence-electron chi connectivity index (χ3n) is 2.36. The molecule has 8 heteroatoms. The molecule has 5 nitrogen and oxygen atoms in total. The van der Waals surface area contributed by atoms with Crippen LogP contribution in [0.5, 0.6) is 11.6 Å². The van der Waals surface area contributed by atoms with Gasteiger partial charge >= 0.3 is 6.18 Å². The molecule has 0 saturated carbocycles. The maximum Gasteiger partial charge on any atom is 0.416 e. The van der Waals surface area contributed by atoms with Crippen LogP contribution in [0.3, 0.4) is 0 Å². The molecule has 2 rings (SSSR count). The van der Waals surface area contributed by atoms with Crippen molar-refractivity contribution in [3.63, 3.8) is 0 Å². The number of aromatic nitrogens is 2. The van der Waals surface area contributed by atoms with Crippen LogP contribution in [0.4, 0.5) is 13.2 Å². The van der Waals surface area contributed by atoms with E-state index in [0.717, 1.165) is 24.3 Å². The van der Waals surface area contributed by atoms with Crippen molar-refractivity contribution in [3.05, 3.63) is 40.2 Å². The second kappa shape index (κ2) is 4.30. The summed E-state index contributed by atoms with van der Waals surface area (Å²) in [4.78, 5) is 16.8. The lowest BCUT2D eigenvalue weighted by Crippen LogP contribution is -2.08. The lowest BCUT2D eigenvalue weighted by atomic mass is 10.1. The van der Waals surface area contributed by atoms with Crippen molar-refractivity contribution in [3.8, 4) is 23.0 Å². The highest BCUT2D eigenvalue weighted by Crippen LogP contribution is 2.30. The van der Waals surface area contributed by atoms with Crippen LogP contribution in [0, 0.1) is 0 Å². The maximum absolute atomic E-state index is 12.4. The summed E-state index contributed by atoms with van der Waals surface area (Å²) in [6, 6.07) is 3.83. The van der Waals surface area contributed by atoms with Gasteiger partial charge in [-0.2, -0.15) is 18.2 Å². The number of aromatic amines is 1. The van der Waals surface area contributed by atoms with E-state index in [-0.39, 0.29) is 11.4 Å². The molecule has 0 unspecified atom stereocenters. The van der Waals surface area contributed by atoms with Crippen molar-refractivity contribution in [1.82, 2.24) is 9.97 Å². The summed E-state index contributed by atoms with van der Waals surface area (Å²) < 4.78 is 37.1. The Labute approximate surface area is 104 Å². The van der Waals surface area contributed by atoms with Crippen LogP contribution in [-0.4, -0.2) is 20.2 Å². The van der Waals surface area contributed by atoms with Crippen LogP contribution in [0.2, 0.25) is 0 Å². The van der Waals surface area contributed by atoms with E-state index >= 15 is 0 Å². The molecule has 0 spiro atoms. The monoisotopic (exact) mass is 272 g/mol. The molecule has 100 valence electrons. The Morgan fingerprint density at radius 1 is 1.11 bits per heavy atom. The van der Waals surface area contributed by atoms with Gasteiger partial charge in [-0.15, -0.1) is 0 Å². The lowest BCUT2D eigenvalue weighted by Gasteiger charge is -2.07. The number of nitrogens with zero attached hydrogens (tertiary/aromatic N) is 1. The zero-order valence-corrected chi connectivity index (χ0v) is 9.19. The van der Waals surface area contributed by atoms with Gasteiger partial charge in [0.2, 0.25) is 5.75 Å². The highest BCUT2D eigenvalue weighted by Gasteiger charge is 2.30. The topological polar surface area (TPSA) is 86.2 Å². The second-order valence-corrected chi connectivity index (χ2v) is 3.66. The molecule has 0 bridgehead atoms. The molecule has 0 atom stereocenters. The van der Waals surface area contributed by atoms with Gasteiger partial charge in [0.1, 0.15) is 5.82 Å². The summed E-state index contributed by atoms with van der Waals surface area (Å²) in [5.41, 5.74) is -1.66. The summed E-state index contributed by atoms with van der Waals surface area (Å²) in [6.07, 6.45) is -4.46. The van der Waals surface area contributed by atoms with Crippen molar-refractivity contribution in [2.75, 3.05) is 0 Å². The SMILES string of the molecule is O=c1[nH]c(-c2ccc(C(F)(F)F)cc2)nc(O)c1O. The molecule has 0 saturated heterocycles. The number of halogens is 3. The molecule has 0 aliphatic rings. The zero-order valence-electron chi connectivity index (χ0n) is 9.19. The van der Waals surface area contributed by atoms with E-state index in [1.807, 2.05) is 0 Å². The molecule has 0 aliphatic heterocycles. The molecule has 0 radical (unpaired) electrons. The Morgan fingerprint density at radius 2 is 1.68 bits per heavy atom. The summed E-state index contributed by atoms with van der Waals surface area (Å²) in [5, 5.41) is 18.2. The van der Waals surface area contributed by atoms with E-state index in [9.17, 15) is 18.0 Å². The van der Waals surface area contributed by atoms with Gasteiger partial charge < -0.3 is 15.2 Å². The average Bonchev–Trinajstić information content (AvgIpc) is 2.34. The number of alkyl halides is 3. The zero-order chi connectivity index (χ0) is 14.2. The van der Waals surface area contributed by atoms with E-state index < -0.39 is 28.9 Å². The van der Waals surface area contributed by atoms with E-state index in [1.54, 1.807) is 0 Å². The molecule has 0 amide bonds. The molecular formula is C11H7F3N2O3. The first kappa shape index (κ1) is 12.9. The molecular weight excluding hydrogens is 265 g/mol. The normalized spacial score (nSPS) is 11.5. The van der Waals surface area contributed by atoms with Gasteiger partial charge in [-0.3, -0.25) is 4.79 Å². The first-order chi connectivity index (χ1) is 8.79. The summed E-state index contributed by atoms with van der Waals surface area (Å²) in [5.74, 6) is -1.98. The van der Waals surface area contributed by atoms with Gasteiger partial charge in [0.05, 0.1) is 5.56 Å². The molecule has 0 aliphatic carbocycles. The van der Waals surface area contributed by atoms with Gasteiger partial charge in [0.25, 0.3) is 11.4 Å². The van der Waals surface area contributed by atoms with Crippen molar-refractivity contribution in [1.29, 1.82) is 0 Å². The number of hydrogen-bond donors (Lipinski definition) is 3. The average molecular weight is 272 g/mol. The number of H-pyrrole nitrogens is 1. The molecule has 1 heterocycles. The lowest BCUT2D eigenvalue weighted by molar-refractivity contribution is -0.137. The van der Waals surface area contributed by atoms with Gasteiger partial charge in [-0.05, 0) is 12.1 Å². The van der Waals surface area contributed by atoms with Gasteiger partial charge in [-0.25, -0.2) is 0 Å². The quantitative estimate of drug-likeness (QED) is 0.739. The predicted molar refractivity (Wildman–Crippen MR) is 58.6 cm³/mol. The molecule has 0 fully saturated rings. The van der Waals surface area contributed by atoms with E-state index in [1.165, 1.54) is 0 Å². The van der Waals surface area contributed by atoms with Gasteiger partial charge in [-0.1, -0.05) is 12.1 Å². The van der Waals surface area contributed by atoms with Crippen LogP contribution in [0.25, 0.3) is 11.4 Å². The standard InChI is InChI=1S/C11H7F3N2O3/c12-11(13,14)6-3-1-5(2-4-6)8-15-9(18)7(17)10(19)16-8/h1-4,17H,(H2,15,16,18,19). The molecule has 19 heavy (non-hydrogen) atoms. The number of nitrogens with one attached hydrogen (secondary N) is 1. The van der Waals surface area contributed by atoms with Crippen molar-refractivity contribution in [2.45, 2.75) is 6.18 Å². The fourth-order valence-corrected chi connectivity index (χ4v) is 1.41. The fourth-order valence-electron chi connectivity index (χ4n) is 1.41. The van der Waals surface area contributed by atoms with Crippen LogP contribution in [0.15, 0.2) is 29.1 Å². The molecule has 3 N–H and O–H groups in total. The molecule has 1 aromatic carbocycles. The number of aromatic hydroxyl groups is 2. The predicted octanol–water partition coefficient (Wildman–Crippen LogP) is 1.87. The highest BCUT2D eigenvalue weighted by atomic mass is 19.4. The summed E-state index contributed by atoms with van der Waals surface area (Å²) in [6.45, 7) is 0. The Balaban J connectivity index is 2.46. The largest absolute Gasteiger partial charge is 0.499 e. The van der Waals surface area contributed by atoms with Crippen LogP contribution in [0.1, 0.15) is 5.56 Å². The Kier molecular flexibility index (Phi) is 2.93. The number of rotatable bonds is 1. The van der Waals surface area contributed by atoms with Gasteiger partial charge in [0.15, 0.2) is 0 Å². The summed E-state index contributed by atoms with van der Waals surface area (Å²) >= 11 is 0. The van der Waals surface area contributed by atoms with E-state index in [2.05, 4.69) is 9.97 Å². The first-order valence-corrected chi connectivity index (χ1v) is 4.99. The van der Waals surface area contributed by atoms with Crippen LogP contribution < -0.4 is 5.56 Å². The number of hydrogen-bond acceptors (Lipinski definition) is 4. The smallest absolute Gasteiger partial charge is 0.416 e. The fraction of sp³-hybridized carbons (Fsp3) is 0.0909. The second-order valence-electron chi connectivity index (χ2n) is 3.66. The van der Waals surface area contributed by atoms with E-state index in [0.29, 0.717) is 0 Å². The molecule has 1 aromatic heterocycles. The first-order valence-electron chi connectivity index (χ1n) is 4.99. The third kappa shape index (κ3) is 2.51. The minimum absolute atomic E-state index is 0.144.